The third-order valence-corrected chi connectivity index (χ3v) is 6.41. The summed E-state index contributed by atoms with van der Waals surface area (Å²) in [6.07, 6.45) is 9.61. The molecule has 28 heavy (non-hydrogen) atoms. The minimum Gasteiger partial charge on any atom is -0.491 e. The third kappa shape index (κ3) is 4.05. The van der Waals surface area contributed by atoms with Crippen LogP contribution in [0.3, 0.4) is 0 Å². The Labute approximate surface area is 169 Å². The predicted octanol–water partition coefficient (Wildman–Crippen LogP) is 3.81. The normalized spacial score (nSPS) is 25.1. The molecule has 152 valence electrons. The maximum atomic E-state index is 10.6. The van der Waals surface area contributed by atoms with Gasteiger partial charge < -0.3 is 14.7 Å². The van der Waals surface area contributed by atoms with Crippen molar-refractivity contribution in [2.24, 2.45) is 0 Å². The Morgan fingerprint density at radius 2 is 2.00 bits per heavy atom. The van der Waals surface area contributed by atoms with Gasteiger partial charge in [-0.05, 0) is 88.5 Å². The standard InChI is InChI=1S/C24H34N2O2/c1-24(2,27)18-10-11-23-21(16-18)19(8-7-15-26-13-4-5-14-26)20-9-6-12-25(3)22(20)17-28-23/h8-11,16,22,27H,4-7,12-15,17H2,1-3H3/b19-8+. The lowest BCUT2D eigenvalue weighted by atomic mass is 9.86. The lowest BCUT2D eigenvalue weighted by molar-refractivity contribution is 0.0785. The second-order valence-electron chi connectivity index (χ2n) is 8.98. The molecule has 3 heterocycles. The van der Waals surface area contributed by atoms with E-state index in [4.69, 9.17) is 4.74 Å². The number of hydrogen-bond acceptors (Lipinski definition) is 4. The Balaban J connectivity index is 1.72. The van der Waals surface area contributed by atoms with Gasteiger partial charge in [-0.1, -0.05) is 18.2 Å². The van der Waals surface area contributed by atoms with Crippen LogP contribution in [0.15, 0.2) is 35.9 Å². The molecule has 1 unspecified atom stereocenters. The van der Waals surface area contributed by atoms with Gasteiger partial charge in [-0.3, -0.25) is 4.90 Å². The zero-order valence-electron chi connectivity index (χ0n) is 17.6. The summed E-state index contributed by atoms with van der Waals surface area (Å²) < 4.78 is 6.25. The van der Waals surface area contributed by atoms with E-state index in [9.17, 15) is 5.11 Å². The van der Waals surface area contributed by atoms with Crippen LogP contribution in [0.25, 0.3) is 5.57 Å². The maximum Gasteiger partial charge on any atom is 0.127 e. The van der Waals surface area contributed by atoms with Crippen molar-refractivity contribution in [1.82, 2.24) is 9.80 Å². The molecule has 0 amide bonds. The number of ether oxygens (including phenoxy) is 1. The van der Waals surface area contributed by atoms with Crippen LogP contribution in [0, 0.1) is 0 Å². The summed E-state index contributed by atoms with van der Waals surface area (Å²) >= 11 is 0. The fourth-order valence-electron chi connectivity index (χ4n) is 4.66. The largest absolute Gasteiger partial charge is 0.491 e. The first kappa shape index (κ1) is 19.7. The van der Waals surface area contributed by atoms with Crippen molar-refractivity contribution in [2.75, 3.05) is 39.8 Å². The number of fused-ring (bicyclic) bond motifs is 2. The summed E-state index contributed by atoms with van der Waals surface area (Å²) in [5.74, 6) is 0.934. The number of likely N-dealkylation sites (tertiary alicyclic amines) is 1. The molecule has 0 spiro atoms. The van der Waals surface area contributed by atoms with Crippen molar-refractivity contribution in [2.45, 2.75) is 51.2 Å². The lowest BCUT2D eigenvalue weighted by Crippen LogP contribution is -2.40. The first-order valence-corrected chi connectivity index (χ1v) is 10.8. The molecule has 3 aliphatic rings. The molecule has 0 aromatic heterocycles. The fraction of sp³-hybridized carbons (Fsp3) is 0.583. The molecule has 1 saturated heterocycles. The Hall–Kier alpha value is -1.62. The van der Waals surface area contributed by atoms with E-state index in [2.05, 4.69) is 35.1 Å². The zero-order valence-corrected chi connectivity index (χ0v) is 17.6. The molecule has 1 aromatic rings. The Morgan fingerprint density at radius 3 is 2.75 bits per heavy atom. The smallest absolute Gasteiger partial charge is 0.127 e. The number of benzene rings is 1. The molecular weight excluding hydrogens is 348 g/mol. The van der Waals surface area contributed by atoms with Crippen molar-refractivity contribution < 1.29 is 9.84 Å². The molecule has 4 nitrogen and oxygen atoms in total. The van der Waals surface area contributed by atoms with Gasteiger partial charge in [-0.2, -0.15) is 0 Å². The first-order chi connectivity index (χ1) is 13.4. The van der Waals surface area contributed by atoms with Gasteiger partial charge in [-0.25, -0.2) is 0 Å². The molecular formula is C24H34N2O2. The summed E-state index contributed by atoms with van der Waals surface area (Å²) in [4.78, 5) is 4.98. The molecule has 0 aliphatic carbocycles. The highest BCUT2D eigenvalue weighted by Crippen LogP contribution is 2.40. The molecule has 4 heteroatoms. The number of nitrogens with zero attached hydrogens (tertiary/aromatic N) is 2. The molecule has 1 atom stereocenters. The van der Waals surface area contributed by atoms with Crippen molar-refractivity contribution >= 4 is 5.57 Å². The highest BCUT2D eigenvalue weighted by molar-refractivity contribution is 5.84. The Bertz CT molecular complexity index is 769. The minimum absolute atomic E-state index is 0.296. The van der Waals surface area contributed by atoms with E-state index < -0.39 is 5.60 Å². The Kier molecular flexibility index (Phi) is 5.64. The van der Waals surface area contributed by atoms with Gasteiger partial charge in [0.25, 0.3) is 0 Å². The number of rotatable bonds is 4. The fourth-order valence-corrected chi connectivity index (χ4v) is 4.66. The number of aliphatic hydroxyl groups is 1. The van der Waals surface area contributed by atoms with Gasteiger partial charge in [0.2, 0.25) is 0 Å². The topological polar surface area (TPSA) is 35.9 Å². The van der Waals surface area contributed by atoms with E-state index in [0.717, 1.165) is 42.8 Å². The van der Waals surface area contributed by atoms with Crippen LogP contribution in [0.1, 0.15) is 50.7 Å². The van der Waals surface area contributed by atoms with Crippen LogP contribution in [-0.4, -0.2) is 60.8 Å². The van der Waals surface area contributed by atoms with Gasteiger partial charge in [0.05, 0.1) is 11.6 Å². The minimum atomic E-state index is -0.862. The first-order valence-electron chi connectivity index (χ1n) is 10.8. The quantitative estimate of drug-likeness (QED) is 0.859. The lowest BCUT2D eigenvalue weighted by Gasteiger charge is -2.32. The predicted molar refractivity (Wildman–Crippen MR) is 115 cm³/mol. The van der Waals surface area contributed by atoms with Crippen molar-refractivity contribution in [1.29, 1.82) is 0 Å². The Morgan fingerprint density at radius 1 is 1.21 bits per heavy atom. The van der Waals surface area contributed by atoms with E-state index in [0.29, 0.717) is 12.6 Å². The molecule has 0 saturated carbocycles. The van der Waals surface area contributed by atoms with Crippen LogP contribution in [-0.2, 0) is 5.60 Å². The van der Waals surface area contributed by atoms with E-state index in [1.807, 2.05) is 26.0 Å². The third-order valence-electron chi connectivity index (χ3n) is 6.41. The van der Waals surface area contributed by atoms with Gasteiger partial charge in [0, 0.05) is 18.7 Å². The molecule has 3 aliphatic heterocycles. The van der Waals surface area contributed by atoms with Crippen molar-refractivity contribution in [3.8, 4) is 5.75 Å². The molecule has 4 rings (SSSR count). The average Bonchev–Trinajstić information content (AvgIpc) is 3.11. The van der Waals surface area contributed by atoms with Crippen molar-refractivity contribution in [3.63, 3.8) is 0 Å². The molecule has 1 aromatic carbocycles. The van der Waals surface area contributed by atoms with Gasteiger partial charge in [0.15, 0.2) is 0 Å². The summed E-state index contributed by atoms with van der Waals surface area (Å²) in [5, 5.41) is 10.6. The van der Waals surface area contributed by atoms with E-state index in [1.54, 1.807) is 0 Å². The SMILES string of the molecule is CN1CCC=C2/C(=C\CCN3CCCC3)c3cc(C(C)(C)O)ccc3OCC21. The van der Waals surface area contributed by atoms with Crippen LogP contribution in [0.4, 0.5) is 0 Å². The highest BCUT2D eigenvalue weighted by atomic mass is 16.5. The second-order valence-corrected chi connectivity index (χ2v) is 8.98. The maximum absolute atomic E-state index is 10.6. The summed E-state index contributed by atoms with van der Waals surface area (Å²) in [7, 11) is 2.20. The molecule has 1 fully saturated rings. The number of likely N-dealkylation sites (N-methyl/N-ethyl adjacent to an activating group) is 1. The van der Waals surface area contributed by atoms with Gasteiger partial charge in [-0.15, -0.1) is 0 Å². The molecule has 0 bridgehead atoms. The van der Waals surface area contributed by atoms with Crippen LogP contribution in [0.2, 0.25) is 0 Å². The summed E-state index contributed by atoms with van der Waals surface area (Å²) in [6, 6.07) is 6.46. The van der Waals surface area contributed by atoms with E-state index >= 15 is 0 Å². The molecule has 1 N–H and O–H groups in total. The summed E-state index contributed by atoms with van der Waals surface area (Å²) in [5.41, 5.74) is 3.89. The van der Waals surface area contributed by atoms with Gasteiger partial charge >= 0.3 is 0 Å². The monoisotopic (exact) mass is 382 g/mol. The van der Waals surface area contributed by atoms with Crippen LogP contribution in [0.5, 0.6) is 5.75 Å². The second kappa shape index (κ2) is 8.02. The van der Waals surface area contributed by atoms with Gasteiger partial charge in [0.1, 0.15) is 12.4 Å². The highest BCUT2D eigenvalue weighted by Gasteiger charge is 2.31. The van der Waals surface area contributed by atoms with Crippen LogP contribution >= 0.6 is 0 Å². The number of hydrogen-bond donors (Lipinski definition) is 1. The van der Waals surface area contributed by atoms with Crippen molar-refractivity contribution in [3.05, 3.63) is 47.1 Å². The van der Waals surface area contributed by atoms with E-state index in [1.165, 1.54) is 37.1 Å². The average molecular weight is 383 g/mol. The van der Waals surface area contributed by atoms with Crippen LogP contribution < -0.4 is 4.74 Å². The van der Waals surface area contributed by atoms with E-state index in [-0.39, 0.29) is 0 Å². The molecule has 0 radical (unpaired) electrons. The summed E-state index contributed by atoms with van der Waals surface area (Å²) in [6.45, 7) is 9.04. The zero-order chi connectivity index (χ0) is 19.7.